The lowest BCUT2D eigenvalue weighted by molar-refractivity contribution is 0.0524. The second kappa shape index (κ2) is 41.4. The monoisotopic (exact) mass is 1750 g/mol. The van der Waals surface area contributed by atoms with Gasteiger partial charge in [-0.1, -0.05) is 195 Å². The van der Waals surface area contributed by atoms with Crippen molar-refractivity contribution in [1.82, 2.24) is 0 Å². The molecule has 24 heteroatoms. The number of benzene rings is 12. The highest BCUT2D eigenvalue weighted by Gasteiger charge is 2.24. The molecule has 0 saturated heterocycles. The maximum atomic E-state index is 13.3. The third-order valence-corrected chi connectivity index (χ3v) is 21.9. The summed E-state index contributed by atoms with van der Waals surface area (Å²) in [6.07, 6.45) is 0.861. The smallest absolute Gasteiger partial charge is 0.338 e. The summed E-state index contributed by atoms with van der Waals surface area (Å²) in [4.78, 5) is 62.4. The van der Waals surface area contributed by atoms with Crippen LogP contribution in [0.1, 0.15) is 108 Å². The number of nitrogens with zero attached hydrogens (tertiary/aromatic N) is 6. The van der Waals surface area contributed by atoms with Gasteiger partial charge in [0.1, 0.15) is 131 Å². The highest BCUT2D eigenvalue weighted by atomic mass is 35.5. The number of aliphatic imine (C=N–C) groups is 6. The summed E-state index contributed by atoms with van der Waals surface area (Å²) >= 11 is 17.8. The molecular formula is C101H84Cl3F3N6O11Si. The van der Waals surface area contributed by atoms with Gasteiger partial charge in [0.2, 0.25) is 0 Å². The van der Waals surface area contributed by atoms with Gasteiger partial charge in [0.05, 0.1) is 46.4 Å². The maximum Gasteiger partial charge on any atom is 0.338 e. The molecule has 12 aromatic carbocycles. The molecule has 0 fully saturated rings. The van der Waals surface area contributed by atoms with Crippen molar-refractivity contribution in [3.63, 3.8) is 0 Å². The Bertz CT molecular complexity index is 6230. The molecule has 0 spiro atoms. The van der Waals surface area contributed by atoms with Gasteiger partial charge in [-0.15, -0.1) is 0 Å². The molecule has 0 unspecified atom stereocenters. The molecule has 1 N–H and O–H groups in total. The first kappa shape index (κ1) is 89.0. The minimum atomic E-state index is -1.24. The van der Waals surface area contributed by atoms with Crippen LogP contribution in [-0.2, 0) is 4.74 Å². The fraction of sp³-hybridized carbons (Fsp3) is 0.158. The normalized spacial score (nSPS) is 13.2. The number of ketones is 2. The van der Waals surface area contributed by atoms with Crippen molar-refractivity contribution in [3.8, 4) is 46.3 Å². The summed E-state index contributed by atoms with van der Waals surface area (Å²) in [5.74, 6) is 8.40. The van der Waals surface area contributed by atoms with Gasteiger partial charge >= 0.3 is 5.97 Å². The largest absolute Gasteiger partial charge is 0.508 e. The Labute approximate surface area is 738 Å². The predicted molar refractivity (Wildman–Crippen MR) is 494 cm³/mol. The van der Waals surface area contributed by atoms with E-state index in [0.717, 1.165) is 109 Å². The SMILES string of the molecule is C=C(O)c1ccc(C2=Nc3ccc(F)cc3OC2)cc1.CC(=O)c1cccc(C2=Nc3ccc(Cl)cc3OC2)c1.CC(=O)c1cccc(C2=Nc3ccc(F)cc3OC2)c1.CCC#Cc1ccc(C2=Nc3cc(Cl)ccc3OC2)cc1.C[Si](C)(C)CCOC(=O)c1cccc(C2=Nc3ccc(F)cc3OC2)c1.Cc1ccc(C2=Nc3ccc(Cl)cc3OC2)cc1. The molecule has 0 radical (unpaired) electrons. The fourth-order valence-electron chi connectivity index (χ4n) is 12.7. The molecule has 17 nitrogen and oxygen atoms in total. The van der Waals surface area contributed by atoms with Crippen LogP contribution in [0.2, 0.25) is 40.8 Å². The van der Waals surface area contributed by atoms with Gasteiger partial charge in [-0.05, 0) is 159 Å². The zero-order chi connectivity index (χ0) is 88.3. The first-order chi connectivity index (χ1) is 60.2. The minimum absolute atomic E-state index is 0.00616. The van der Waals surface area contributed by atoms with Crippen LogP contribution in [0.4, 0.5) is 47.3 Å². The molecule has 0 bridgehead atoms. The van der Waals surface area contributed by atoms with Gasteiger partial charge in [-0.3, -0.25) is 9.59 Å². The van der Waals surface area contributed by atoms with E-state index in [2.05, 4.69) is 99.2 Å². The number of hydrogen-bond acceptors (Lipinski definition) is 17. The Morgan fingerprint density at radius 1 is 0.400 bits per heavy atom. The number of ether oxygens (including phenoxy) is 7. The summed E-state index contributed by atoms with van der Waals surface area (Å²) in [5.41, 5.74) is 19.3. The highest BCUT2D eigenvalue weighted by molar-refractivity contribution is 6.76. The van der Waals surface area contributed by atoms with Gasteiger partial charge in [0.25, 0.3) is 0 Å². The molecule has 0 saturated carbocycles. The molecule has 18 rings (SSSR count). The zero-order valence-corrected chi connectivity index (χ0v) is 72.6. The Morgan fingerprint density at radius 3 is 1.13 bits per heavy atom. The van der Waals surface area contributed by atoms with Crippen molar-refractivity contribution in [2.75, 3.05) is 46.2 Å². The van der Waals surface area contributed by atoms with Crippen molar-refractivity contribution in [2.24, 2.45) is 30.0 Å². The van der Waals surface area contributed by atoms with E-state index < -0.39 is 8.07 Å². The lowest BCUT2D eigenvalue weighted by Crippen LogP contribution is -2.23. The van der Waals surface area contributed by atoms with Gasteiger partial charge < -0.3 is 38.3 Å². The second-order valence-electron chi connectivity index (χ2n) is 30.2. The average Bonchev–Trinajstić information content (AvgIpc) is 0.834. The zero-order valence-electron chi connectivity index (χ0n) is 69.3. The van der Waals surface area contributed by atoms with Gasteiger partial charge in [0, 0.05) is 98.8 Å². The van der Waals surface area contributed by atoms with E-state index in [0.29, 0.717) is 110 Å². The number of carbonyl (C=O) groups is 3. The third kappa shape index (κ3) is 24.6. The second-order valence-corrected chi connectivity index (χ2v) is 37.1. The maximum absolute atomic E-state index is 13.3. The van der Waals surface area contributed by atoms with E-state index in [9.17, 15) is 32.7 Å². The summed E-state index contributed by atoms with van der Waals surface area (Å²) in [7, 11) is -1.24. The van der Waals surface area contributed by atoms with Crippen LogP contribution in [0.15, 0.2) is 291 Å². The molecule has 0 atom stereocenters. The molecule has 0 amide bonds. The number of aliphatic hydroxyl groups excluding tert-OH is 1. The Hall–Kier alpha value is -13.8. The molecule has 0 aliphatic carbocycles. The van der Waals surface area contributed by atoms with E-state index in [1.54, 1.807) is 91.9 Å². The number of halogens is 6. The van der Waals surface area contributed by atoms with E-state index in [-0.39, 0.29) is 60.6 Å². The Morgan fingerprint density at radius 2 is 0.736 bits per heavy atom. The van der Waals surface area contributed by atoms with Crippen molar-refractivity contribution < 1.29 is 65.8 Å². The molecule has 6 aliphatic rings. The number of aryl methyl sites for hydroxylation is 1. The number of esters is 1. The number of carbonyl (C=O) groups excluding carboxylic acids is 3. The summed E-state index contributed by atoms with van der Waals surface area (Å²) in [6, 6.07) is 75.4. The Balaban J connectivity index is 0.000000129. The quantitative estimate of drug-likeness (QED) is 0.0377. The first-order valence-corrected chi connectivity index (χ1v) is 44.7. The molecule has 12 aromatic rings. The Kier molecular flexibility index (Phi) is 29.5. The summed E-state index contributed by atoms with van der Waals surface area (Å²) < 4.78 is 78.5. The van der Waals surface area contributed by atoms with E-state index in [1.807, 2.05) is 116 Å². The molecule has 0 aromatic heterocycles. The third-order valence-electron chi connectivity index (χ3n) is 19.5. The molecule has 630 valence electrons. The van der Waals surface area contributed by atoms with Crippen LogP contribution in [0.25, 0.3) is 5.76 Å². The first-order valence-electron chi connectivity index (χ1n) is 39.8. The molecular weight excluding hydrogens is 1660 g/mol. The minimum Gasteiger partial charge on any atom is -0.508 e. The topological polar surface area (TPSA) is 210 Å². The number of rotatable bonds is 13. The van der Waals surface area contributed by atoms with Crippen LogP contribution in [0.3, 0.4) is 0 Å². The number of fused-ring (bicyclic) bond motifs is 6. The van der Waals surface area contributed by atoms with E-state index >= 15 is 0 Å². The standard InChI is InChI=1S/C20H22FNO3Si.C18H14ClNO.C16H12ClNO2.2C16H12FNO2.C15H12ClNO/c1-26(2,3)10-9-24-20(23)15-6-4-5-14(11-15)18-13-25-19-12-16(21)7-8-17(19)22-18;1-2-3-4-13-5-7-14(8-6-13)17-12-21-18-10-9-15(19)11-16(18)20-17;1-10(19)11-3-2-4-12(7-11)15-9-20-16-8-13(17)5-6-14(16)18-15;1-10(19)11-2-4-12(5-3-11)15-9-20-16-8-13(17)6-7-14(16)18-15;1-10(19)11-3-2-4-12(7-11)15-9-20-16-8-13(17)5-6-14(16)18-15;1-10-2-4-11(5-3-10)14-9-18-15-8-12(16)6-7-13(15)17-14/h4-8,11-12H,9-10,13H2,1-3H3;5-11H,2,12H2,1H3;2-8H,9H2,1H3;2-8,19H,1,9H2;2-8H,9H2,1H3;2-8H,9H2,1H3. The van der Waals surface area contributed by atoms with Gasteiger partial charge in [0.15, 0.2) is 11.6 Å². The van der Waals surface area contributed by atoms with Crippen LogP contribution in [0.5, 0.6) is 34.5 Å². The lowest BCUT2D eigenvalue weighted by atomic mass is 10.0. The highest BCUT2D eigenvalue weighted by Crippen LogP contribution is 2.40. The lowest BCUT2D eigenvalue weighted by Gasteiger charge is -2.18. The average molecular weight is 1750 g/mol. The molecule has 6 heterocycles. The van der Waals surface area contributed by atoms with Crippen molar-refractivity contribution in [1.29, 1.82) is 0 Å². The van der Waals surface area contributed by atoms with Crippen molar-refractivity contribution in [2.45, 2.75) is 59.8 Å². The van der Waals surface area contributed by atoms with Crippen LogP contribution in [-0.4, -0.2) is 111 Å². The van der Waals surface area contributed by atoms with E-state index in [1.165, 1.54) is 48.9 Å². The van der Waals surface area contributed by atoms with Gasteiger partial charge in [-0.2, -0.15) is 0 Å². The molecule has 125 heavy (non-hydrogen) atoms. The summed E-state index contributed by atoms with van der Waals surface area (Å²) in [5, 5.41) is 11.3. The van der Waals surface area contributed by atoms with E-state index in [4.69, 9.17) is 68.0 Å². The van der Waals surface area contributed by atoms with Crippen molar-refractivity contribution in [3.05, 3.63) is 361 Å². The number of hydrogen-bond donors (Lipinski definition) is 1. The van der Waals surface area contributed by atoms with Crippen LogP contribution in [0, 0.1) is 36.2 Å². The predicted octanol–water partition coefficient (Wildman–Crippen LogP) is 25.1. The fourth-order valence-corrected chi connectivity index (χ4v) is 13.9. The number of aliphatic hydroxyl groups is 1. The number of Topliss-reactive ketones (excluding diaryl/α,β-unsaturated/α-hetero) is 2. The summed E-state index contributed by atoms with van der Waals surface area (Å²) in [6.45, 7) is 19.9. The van der Waals surface area contributed by atoms with Crippen LogP contribution < -0.4 is 28.4 Å². The van der Waals surface area contributed by atoms with Crippen LogP contribution >= 0.6 is 34.8 Å². The van der Waals surface area contributed by atoms with Gasteiger partial charge in [-0.25, -0.2) is 47.9 Å². The molecule has 6 aliphatic heterocycles. The van der Waals surface area contributed by atoms with Crippen molar-refractivity contribution >= 4 is 135 Å².